The second-order valence-corrected chi connectivity index (χ2v) is 9.55. The molecule has 0 aliphatic carbocycles. The van der Waals surface area contributed by atoms with E-state index in [1.54, 1.807) is 17.0 Å². The number of amides is 2. The lowest BCUT2D eigenvalue weighted by atomic mass is 10.1. The molecule has 0 bridgehead atoms. The van der Waals surface area contributed by atoms with Gasteiger partial charge < -0.3 is 24.2 Å². The monoisotopic (exact) mass is 500 g/mol. The summed E-state index contributed by atoms with van der Waals surface area (Å²) in [5.74, 6) is 0.544. The van der Waals surface area contributed by atoms with E-state index in [1.807, 2.05) is 35.0 Å². The average molecular weight is 501 g/mol. The van der Waals surface area contributed by atoms with Crippen LogP contribution in [0.4, 0.5) is 9.59 Å². The van der Waals surface area contributed by atoms with E-state index in [0.717, 1.165) is 6.54 Å². The second-order valence-electron chi connectivity index (χ2n) is 8.28. The number of nitrogens with zero attached hydrogens (tertiary/aromatic N) is 4. The first-order chi connectivity index (χ1) is 16.9. The maximum Gasteiger partial charge on any atom is 0.437 e. The Hall–Kier alpha value is -3.27. The number of aliphatic imine (C=N–C) groups is 1. The molecular weight excluding hydrogens is 468 g/mol. The summed E-state index contributed by atoms with van der Waals surface area (Å²) < 4.78 is 10.3. The molecule has 2 saturated heterocycles. The lowest BCUT2D eigenvalue weighted by Gasteiger charge is -2.26. The Balaban J connectivity index is 1.65. The van der Waals surface area contributed by atoms with Crippen LogP contribution >= 0.6 is 11.8 Å². The van der Waals surface area contributed by atoms with E-state index in [9.17, 15) is 14.4 Å². The van der Waals surface area contributed by atoms with Crippen molar-refractivity contribution in [2.24, 2.45) is 4.99 Å². The van der Waals surface area contributed by atoms with Crippen LogP contribution in [0.2, 0.25) is 0 Å². The fourth-order valence-corrected chi connectivity index (χ4v) is 5.22. The van der Waals surface area contributed by atoms with E-state index in [2.05, 4.69) is 18.2 Å². The van der Waals surface area contributed by atoms with Gasteiger partial charge in [-0.05, 0) is 12.8 Å². The first-order valence-electron chi connectivity index (χ1n) is 11.6. The van der Waals surface area contributed by atoms with Crippen molar-refractivity contribution in [2.45, 2.75) is 24.1 Å². The van der Waals surface area contributed by atoms with Crippen LogP contribution in [-0.4, -0.2) is 95.7 Å². The van der Waals surface area contributed by atoms with Crippen molar-refractivity contribution in [2.75, 3.05) is 46.4 Å². The maximum atomic E-state index is 12.7. The molecule has 0 radical (unpaired) electrons. The van der Waals surface area contributed by atoms with Crippen LogP contribution in [0, 0.1) is 0 Å². The molecule has 3 rings (SSSR count). The molecule has 2 heterocycles. The van der Waals surface area contributed by atoms with Crippen molar-refractivity contribution in [3.8, 4) is 0 Å². The highest BCUT2D eigenvalue weighted by molar-refractivity contribution is 8.14. The number of hydrogen-bond donors (Lipinski definition) is 0. The van der Waals surface area contributed by atoms with Gasteiger partial charge in [-0.1, -0.05) is 67.4 Å². The SMILES string of the molecule is C=CCOC(=O)N=C1N(C)CCN1CC[C@@H]1C[C@H](SC(=O)c2ccccc2)CN1C(=O)OCC=C. The molecular formula is C25H32N4O5S. The largest absolute Gasteiger partial charge is 0.445 e. The molecule has 0 unspecified atom stereocenters. The van der Waals surface area contributed by atoms with Gasteiger partial charge in [0.2, 0.25) is 11.1 Å². The van der Waals surface area contributed by atoms with Crippen molar-refractivity contribution >= 4 is 35.0 Å². The zero-order valence-electron chi connectivity index (χ0n) is 20.0. The molecule has 0 spiro atoms. The number of likely N-dealkylation sites (tertiary alicyclic amines) is 1. The molecule has 9 nitrogen and oxygen atoms in total. The van der Waals surface area contributed by atoms with E-state index >= 15 is 0 Å². The Morgan fingerprint density at radius 3 is 2.54 bits per heavy atom. The third kappa shape index (κ3) is 7.35. The number of benzene rings is 1. The fraction of sp³-hybridized carbons (Fsp3) is 0.440. The van der Waals surface area contributed by atoms with Gasteiger partial charge in [-0.25, -0.2) is 9.59 Å². The van der Waals surface area contributed by atoms with Gasteiger partial charge in [0.15, 0.2) is 0 Å². The molecule has 0 saturated carbocycles. The summed E-state index contributed by atoms with van der Waals surface area (Å²) >= 11 is 1.26. The highest BCUT2D eigenvalue weighted by Crippen LogP contribution is 2.32. The number of hydrogen-bond acceptors (Lipinski definition) is 6. The van der Waals surface area contributed by atoms with Crippen LogP contribution in [0.15, 0.2) is 60.6 Å². The number of likely N-dealkylation sites (N-methyl/N-ethyl adjacent to an activating group) is 1. The average Bonchev–Trinajstić information content (AvgIpc) is 3.43. The number of carbonyl (C=O) groups is 3. The molecule has 1 aromatic carbocycles. The molecule has 2 amide bonds. The third-order valence-corrected chi connectivity index (χ3v) is 6.92. The maximum absolute atomic E-state index is 12.7. The summed E-state index contributed by atoms with van der Waals surface area (Å²) in [4.78, 5) is 47.1. The van der Waals surface area contributed by atoms with Crippen molar-refractivity contribution in [3.05, 3.63) is 61.2 Å². The minimum absolute atomic E-state index is 0.00992. The molecule has 1 aromatic rings. The number of ether oxygens (including phenoxy) is 2. The van der Waals surface area contributed by atoms with Crippen molar-refractivity contribution in [3.63, 3.8) is 0 Å². The van der Waals surface area contributed by atoms with Crippen LogP contribution in [0.5, 0.6) is 0 Å². The fourth-order valence-electron chi connectivity index (χ4n) is 4.09. The summed E-state index contributed by atoms with van der Waals surface area (Å²) in [6.45, 7) is 9.83. The zero-order chi connectivity index (χ0) is 25.2. The van der Waals surface area contributed by atoms with Gasteiger partial charge in [-0.15, -0.1) is 4.99 Å². The third-order valence-electron chi connectivity index (χ3n) is 5.80. The predicted octanol–water partition coefficient (Wildman–Crippen LogP) is 3.64. The van der Waals surface area contributed by atoms with Gasteiger partial charge in [0, 0.05) is 50.1 Å². The Bertz CT molecular complexity index is 954. The highest BCUT2D eigenvalue weighted by Gasteiger charge is 2.38. The number of rotatable bonds is 9. The molecule has 188 valence electrons. The summed E-state index contributed by atoms with van der Waals surface area (Å²) in [5, 5.41) is -0.0449. The minimum Gasteiger partial charge on any atom is -0.445 e. The van der Waals surface area contributed by atoms with Gasteiger partial charge in [-0.3, -0.25) is 4.79 Å². The van der Waals surface area contributed by atoms with E-state index in [4.69, 9.17) is 9.47 Å². The molecule has 2 aliphatic rings. The molecule has 10 heteroatoms. The van der Waals surface area contributed by atoms with E-state index in [1.165, 1.54) is 23.9 Å². The number of thioether (sulfide) groups is 1. The van der Waals surface area contributed by atoms with E-state index < -0.39 is 12.2 Å². The lowest BCUT2D eigenvalue weighted by molar-refractivity contribution is 0.105. The van der Waals surface area contributed by atoms with Crippen LogP contribution in [0.1, 0.15) is 23.2 Å². The molecule has 2 atom stereocenters. The molecule has 0 aromatic heterocycles. The number of carbonyl (C=O) groups excluding carboxylic acids is 3. The van der Waals surface area contributed by atoms with Gasteiger partial charge in [0.25, 0.3) is 0 Å². The zero-order valence-corrected chi connectivity index (χ0v) is 20.8. The van der Waals surface area contributed by atoms with Gasteiger partial charge in [0.05, 0.1) is 0 Å². The van der Waals surface area contributed by atoms with E-state index in [-0.39, 0.29) is 29.6 Å². The summed E-state index contributed by atoms with van der Waals surface area (Å²) in [6.07, 6.45) is 3.27. The summed E-state index contributed by atoms with van der Waals surface area (Å²) in [7, 11) is 1.87. The van der Waals surface area contributed by atoms with Crippen LogP contribution in [0.25, 0.3) is 0 Å². The quantitative estimate of drug-likeness (QED) is 0.475. The Morgan fingerprint density at radius 2 is 1.83 bits per heavy atom. The van der Waals surface area contributed by atoms with Crippen LogP contribution in [0.3, 0.4) is 0 Å². The lowest BCUT2D eigenvalue weighted by Crippen LogP contribution is -2.40. The molecule has 35 heavy (non-hydrogen) atoms. The highest BCUT2D eigenvalue weighted by atomic mass is 32.2. The van der Waals surface area contributed by atoms with Gasteiger partial charge in [0.1, 0.15) is 13.2 Å². The van der Waals surface area contributed by atoms with Gasteiger partial charge in [-0.2, -0.15) is 0 Å². The standard InChI is InChI=1S/C25H32N4O5S/c1-4-15-33-24(31)26-23-27(3)13-14-28(23)12-11-20-17-21(18-29(20)25(32)34-16-5-2)35-22(30)19-9-7-6-8-10-19/h4-10,20-21H,1-2,11-18H2,3H3/t20-,21+/m1/s1. The number of guanidine groups is 1. The minimum atomic E-state index is -0.662. The molecule has 0 N–H and O–H groups in total. The first-order valence-corrected chi connectivity index (χ1v) is 12.4. The van der Waals surface area contributed by atoms with Crippen LogP contribution < -0.4 is 0 Å². The van der Waals surface area contributed by atoms with Crippen LogP contribution in [-0.2, 0) is 9.47 Å². The smallest absolute Gasteiger partial charge is 0.437 e. The molecule has 2 aliphatic heterocycles. The Morgan fingerprint density at radius 1 is 1.11 bits per heavy atom. The first kappa shape index (κ1) is 26.3. The molecule has 2 fully saturated rings. The van der Waals surface area contributed by atoms with Crippen molar-refractivity contribution < 1.29 is 23.9 Å². The van der Waals surface area contributed by atoms with Crippen molar-refractivity contribution in [1.82, 2.24) is 14.7 Å². The summed E-state index contributed by atoms with van der Waals surface area (Å²) in [5.41, 5.74) is 0.644. The Kier molecular flexibility index (Phi) is 9.77. The van der Waals surface area contributed by atoms with Crippen molar-refractivity contribution in [1.29, 1.82) is 0 Å². The Labute approximate surface area is 210 Å². The second kappa shape index (κ2) is 13.0. The van der Waals surface area contributed by atoms with E-state index in [0.29, 0.717) is 44.0 Å². The normalized spacial score (nSPS) is 20.7. The predicted molar refractivity (Wildman–Crippen MR) is 137 cm³/mol. The summed E-state index contributed by atoms with van der Waals surface area (Å²) in [6, 6.07) is 9.03. The topological polar surface area (TPSA) is 91.8 Å². The van der Waals surface area contributed by atoms with Gasteiger partial charge >= 0.3 is 12.2 Å².